The number of rotatable bonds is 8. The molecular weight excluding hydrogens is 260 g/mol. The third-order valence-electron chi connectivity index (χ3n) is 5.40. The van der Waals surface area contributed by atoms with Gasteiger partial charge in [-0.15, -0.1) is 0 Å². The van der Waals surface area contributed by atoms with Gasteiger partial charge in [-0.3, -0.25) is 0 Å². The van der Waals surface area contributed by atoms with Gasteiger partial charge in [-0.25, -0.2) is 0 Å². The van der Waals surface area contributed by atoms with Crippen molar-refractivity contribution in [2.75, 3.05) is 13.2 Å². The Morgan fingerprint density at radius 3 is 1.43 bits per heavy atom. The largest absolute Gasteiger partial charge is 0.351 e. The first-order chi connectivity index (χ1) is 10.2. The zero-order valence-corrected chi connectivity index (χ0v) is 14.4. The van der Waals surface area contributed by atoms with Gasteiger partial charge in [-0.1, -0.05) is 64.2 Å². The van der Waals surface area contributed by atoms with Gasteiger partial charge in [0.25, 0.3) is 0 Å². The SMILES string of the molecule is CC(C)(OCCC1CCCCC1)OCCC1CCCCC1. The summed E-state index contributed by atoms with van der Waals surface area (Å²) in [5, 5.41) is 0. The lowest BCUT2D eigenvalue weighted by Crippen LogP contribution is -2.30. The molecule has 0 spiro atoms. The third-order valence-corrected chi connectivity index (χ3v) is 5.40. The van der Waals surface area contributed by atoms with E-state index >= 15 is 0 Å². The first kappa shape index (κ1) is 17.3. The van der Waals surface area contributed by atoms with Gasteiger partial charge in [0.15, 0.2) is 5.79 Å². The zero-order valence-electron chi connectivity index (χ0n) is 14.4. The quantitative estimate of drug-likeness (QED) is 0.535. The van der Waals surface area contributed by atoms with E-state index < -0.39 is 5.79 Å². The molecule has 2 saturated carbocycles. The Bertz CT molecular complexity index is 237. The Balaban J connectivity index is 1.53. The summed E-state index contributed by atoms with van der Waals surface area (Å²) in [5.41, 5.74) is 0. The third kappa shape index (κ3) is 7.15. The molecule has 0 aliphatic heterocycles. The Morgan fingerprint density at radius 1 is 0.667 bits per heavy atom. The lowest BCUT2D eigenvalue weighted by molar-refractivity contribution is -0.216. The van der Waals surface area contributed by atoms with Crippen LogP contribution in [-0.2, 0) is 9.47 Å². The lowest BCUT2D eigenvalue weighted by Gasteiger charge is -2.29. The monoisotopic (exact) mass is 296 g/mol. The Hall–Kier alpha value is -0.0800. The molecule has 21 heavy (non-hydrogen) atoms. The predicted molar refractivity (Wildman–Crippen MR) is 88.4 cm³/mol. The summed E-state index contributed by atoms with van der Waals surface area (Å²) >= 11 is 0. The molecule has 2 rings (SSSR count). The predicted octanol–water partition coefficient (Wildman–Crippen LogP) is 5.70. The molecule has 0 aromatic heterocycles. The van der Waals surface area contributed by atoms with Crippen LogP contribution in [0.2, 0.25) is 0 Å². The highest BCUT2D eigenvalue weighted by Crippen LogP contribution is 2.28. The summed E-state index contributed by atoms with van der Waals surface area (Å²) in [4.78, 5) is 0. The fourth-order valence-corrected chi connectivity index (χ4v) is 3.94. The van der Waals surface area contributed by atoms with Crippen molar-refractivity contribution in [1.82, 2.24) is 0 Å². The van der Waals surface area contributed by atoms with Gasteiger partial charge in [0.05, 0.1) is 13.2 Å². The first-order valence-electron chi connectivity index (χ1n) is 9.44. The van der Waals surface area contributed by atoms with Crippen molar-refractivity contribution in [3.05, 3.63) is 0 Å². The summed E-state index contributed by atoms with van der Waals surface area (Å²) < 4.78 is 12.0. The highest BCUT2D eigenvalue weighted by atomic mass is 16.7. The Labute approximate surface area is 132 Å². The average Bonchev–Trinajstić information content (AvgIpc) is 2.49. The second kappa shape index (κ2) is 9.15. The molecule has 2 fully saturated rings. The van der Waals surface area contributed by atoms with Crippen LogP contribution < -0.4 is 0 Å². The summed E-state index contributed by atoms with van der Waals surface area (Å²) in [7, 11) is 0. The van der Waals surface area contributed by atoms with Gasteiger partial charge >= 0.3 is 0 Å². The van der Waals surface area contributed by atoms with Crippen LogP contribution in [0.3, 0.4) is 0 Å². The first-order valence-corrected chi connectivity index (χ1v) is 9.44. The van der Waals surface area contributed by atoms with Crippen molar-refractivity contribution in [2.45, 2.75) is 96.7 Å². The highest BCUT2D eigenvalue weighted by Gasteiger charge is 2.21. The zero-order chi connectivity index (χ0) is 15.0. The molecule has 0 radical (unpaired) electrons. The molecule has 2 nitrogen and oxygen atoms in total. The lowest BCUT2D eigenvalue weighted by atomic mass is 9.87. The summed E-state index contributed by atoms with van der Waals surface area (Å²) in [6, 6.07) is 0. The fraction of sp³-hybridized carbons (Fsp3) is 1.00. The Morgan fingerprint density at radius 2 is 1.05 bits per heavy atom. The molecule has 0 bridgehead atoms. The van der Waals surface area contributed by atoms with Crippen molar-refractivity contribution in [1.29, 1.82) is 0 Å². The van der Waals surface area contributed by atoms with Crippen LogP contribution in [0.1, 0.15) is 90.9 Å². The van der Waals surface area contributed by atoms with Gasteiger partial charge in [0.2, 0.25) is 0 Å². The van der Waals surface area contributed by atoms with Crippen molar-refractivity contribution < 1.29 is 9.47 Å². The number of hydrogen-bond donors (Lipinski definition) is 0. The van der Waals surface area contributed by atoms with Gasteiger partial charge in [0.1, 0.15) is 0 Å². The second-order valence-corrected chi connectivity index (χ2v) is 7.68. The summed E-state index contributed by atoms with van der Waals surface area (Å²) in [5.74, 6) is 1.40. The highest BCUT2D eigenvalue weighted by molar-refractivity contribution is 4.67. The van der Waals surface area contributed by atoms with Crippen LogP contribution in [0.5, 0.6) is 0 Å². The van der Waals surface area contributed by atoms with E-state index in [2.05, 4.69) is 13.8 Å². The molecular formula is C19H36O2. The van der Waals surface area contributed by atoms with Gasteiger partial charge in [0, 0.05) is 0 Å². The normalized spacial score (nSPS) is 22.6. The van der Waals surface area contributed by atoms with E-state index in [4.69, 9.17) is 9.47 Å². The van der Waals surface area contributed by atoms with E-state index in [0.29, 0.717) is 0 Å². The topological polar surface area (TPSA) is 18.5 Å². The van der Waals surface area contributed by atoms with Crippen LogP contribution in [0, 0.1) is 11.8 Å². The van der Waals surface area contributed by atoms with E-state index in [1.807, 2.05) is 0 Å². The van der Waals surface area contributed by atoms with Gasteiger partial charge in [-0.05, 0) is 38.5 Å². The molecule has 0 N–H and O–H groups in total. The van der Waals surface area contributed by atoms with Crippen molar-refractivity contribution in [2.24, 2.45) is 11.8 Å². The van der Waals surface area contributed by atoms with Crippen molar-refractivity contribution in [3.8, 4) is 0 Å². The minimum absolute atomic E-state index is 0.399. The fourth-order valence-electron chi connectivity index (χ4n) is 3.94. The van der Waals surface area contributed by atoms with Crippen molar-refractivity contribution in [3.63, 3.8) is 0 Å². The van der Waals surface area contributed by atoms with E-state index in [9.17, 15) is 0 Å². The van der Waals surface area contributed by atoms with Gasteiger partial charge < -0.3 is 9.47 Å². The van der Waals surface area contributed by atoms with Crippen LogP contribution in [0.15, 0.2) is 0 Å². The molecule has 0 aromatic rings. The minimum atomic E-state index is -0.399. The molecule has 2 heteroatoms. The van der Waals surface area contributed by atoms with Crippen LogP contribution in [0.4, 0.5) is 0 Å². The molecule has 0 unspecified atom stereocenters. The molecule has 0 aromatic carbocycles. The standard InChI is InChI=1S/C19H36O2/c1-19(2,20-15-13-17-9-5-3-6-10-17)21-16-14-18-11-7-4-8-12-18/h17-18H,3-16H2,1-2H3. The maximum atomic E-state index is 6.00. The van der Waals surface area contributed by atoms with Crippen LogP contribution in [-0.4, -0.2) is 19.0 Å². The minimum Gasteiger partial charge on any atom is -0.351 e. The van der Waals surface area contributed by atoms with Crippen molar-refractivity contribution >= 4 is 0 Å². The number of hydrogen-bond acceptors (Lipinski definition) is 2. The second-order valence-electron chi connectivity index (χ2n) is 7.68. The molecule has 0 heterocycles. The van der Waals surface area contributed by atoms with Crippen LogP contribution in [0.25, 0.3) is 0 Å². The van der Waals surface area contributed by atoms with E-state index in [1.165, 1.54) is 77.0 Å². The van der Waals surface area contributed by atoms with E-state index in [0.717, 1.165) is 25.0 Å². The smallest absolute Gasteiger partial charge is 0.162 e. The number of ether oxygens (including phenoxy) is 2. The van der Waals surface area contributed by atoms with E-state index in [-0.39, 0.29) is 0 Å². The molecule has 2 aliphatic carbocycles. The maximum Gasteiger partial charge on any atom is 0.162 e. The maximum absolute atomic E-state index is 6.00. The molecule has 0 saturated heterocycles. The average molecular weight is 296 g/mol. The summed E-state index contributed by atoms with van der Waals surface area (Å²) in [6.07, 6.45) is 16.6. The molecule has 124 valence electrons. The molecule has 0 amide bonds. The van der Waals surface area contributed by atoms with E-state index in [1.54, 1.807) is 0 Å². The van der Waals surface area contributed by atoms with Gasteiger partial charge in [-0.2, -0.15) is 0 Å². The summed E-state index contributed by atoms with van der Waals surface area (Å²) in [6.45, 7) is 5.88. The van der Waals surface area contributed by atoms with Crippen LogP contribution >= 0.6 is 0 Å². The molecule has 2 aliphatic rings. The Kier molecular flexibility index (Phi) is 7.53. The molecule has 0 atom stereocenters.